The van der Waals surface area contributed by atoms with Crippen molar-refractivity contribution in [3.05, 3.63) is 28.8 Å². The van der Waals surface area contributed by atoms with Gasteiger partial charge in [-0.25, -0.2) is 0 Å². The Morgan fingerprint density at radius 1 is 1.15 bits per heavy atom. The highest BCUT2D eigenvalue weighted by Gasteiger charge is 2.42. The van der Waals surface area contributed by atoms with Crippen LogP contribution in [0.3, 0.4) is 0 Å². The van der Waals surface area contributed by atoms with E-state index in [0.29, 0.717) is 36.8 Å². The largest absolute Gasteiger partial charge is 0.388 e. The molecule has 1 aromatic carbocycles. The molecule has 1 aromatic rings. The maximum absolute atomic E-state index is 12.9. The molecule has 6 nitrogen and oxygen atoms in total. The van der Waals surface area contributed by atoms with E-state index >= 15 is 0 Å². The molecule has 2 aliphatic rings. The summed E-state index contributed by atoms with van der Waals surface area (Å²) in [7, 11) is 6.08. The van der Waals surface area contributed by atoms with E-state index in [4.69, 9.17) is 11.6 Å². The lowest BCUT2D eigenvalue weighted by Crippen LogP contribution is -2.58. The van der Waals surface area contributed by atoms with Crippen LogP contribution in [0.15, 0.2) is 18.2 Å². The van der Waals surface area contributed by atoms with Gasteiger partial charge in [-0.05, 0) is 18.2 Å². The number of likely N-dealkylation sites (N-methyl/N-ethyl adjacent to an activating group) is 1. The highest BCUT2D eigenvalue weighted by Crippen LogP contribution is 2.25. The summed E-state index contributed by atoms with van der Waals surface area (Å²) in [6.45, 7) is 3.33. The van der Waals surface area contributed by atoms with Crippen LogP contribution in [0.25, 0.3) is 0 Å². The first-order chi connectivity index (χ1) is 12.3. The van der Waals surface area contributed by atoms with Gasteiger partial charge < -0.3 is 19.6 Å². The second kappa shape index (κ2) is 7.45. The first-order valence-electron chi connectivity index (χ1n) is 9.21. The number of hydrogen-bond acceptors (Lipinski definition) is 3. The summed E-state index contributed by atoms with van der Waals surface area (Å²) in [5.74, 6) is 0.165. The average molecular weight is 380 g/mol. The Labute approximate surface area is 160 Å². The van der Waals surface area contributed by atoms with Crippen LogP contribution in [0.1, 0.15) is 23.2 Å². The molecule has 2 heterocycles. The van der Waals surface area contributed by atoms with Gasteiger partial charge in [-0.15, -0.1) is 0 Å². The molecular formula is C19H28ClN4O2+. The number of amides is 2. The third-order valence-corrected chi connectivity index (χ3v) is 6.02. The maximum atomic E-state index is 12.9. The van der Waals surface area contributed by atoms with Crippen LogP contribution in [0.2, 0.25) is 5.02 Å². The topological polar surface area (TPSA) is 52.7 Å². The molecule has 0 aromatic heterocycles. The van der Waals surface area contributed by atoms with Gasteiger partial charge in [0.1, 0.15) is 0 Å². The molecule has 1 atom stereocenters. The molecule has 0 saturated carbocycles. The fourth-order valence-corrected chi connectivity index (χ4v) is 4.24. The lowest BCUT2D eigenvalue weighted by Gasteiger charge is -2.38. The number of rotatable bonds is 3. The number of quaternary nitrogens is 1. The monoisotopic (exact) mass is 379 g/mol. The third-order valence-electron chi connectivity index (χ3n) is 5.71. The Bertz CT molecular complexity index is 699. The number of benzene rings is 1. The molecule has 7 heteroatoms. The van der Waals surface area contributed by atoms with E-state index in [0.717, 1.165) is 29.6 Å². The van der Waals surface area contributed by atoms with Crippen molar-refractivity contribution >= 4 is 29.1 Å². The molecule has 2 amide bonds. The zero-order valence-electron chi connectivity index (χ0n) is 15.8. The molecule has 1 N–H and O–H groups in total. The minimum absolute atomic E-state index is 0.0563. The van der Waals surface area contributed by atoms with Crippen molar-refractivity contribution in [2.45, 2.75) is 18.9 Å². The quantitative estimate of drug-likeness (QED) is 0.816. The van der Waals surface area contributed by atoms with E-state index < -0.39 is 0 Å². The Morgan fingerprint density at radius 2 is 1.81 bits per heavy atom. The predicted molar refractivity (Wildman–Crippen MR) is 103 cm³/mol. The van der Waals surface area contributed by atoms with E-state index in [1.165, 1.54) is 0 Å². The van der Waals surface area contributed by atoms with Crippen molar-refractivity contribution in [2.75, 3.05) is 59.2 Å². The van der Waals surface area contributed by atoms with Gasteiger partial charge in [0.2, 0.25) is 0 Å². The minimum Gasteiger partial charge on any atom is -0.388 e. The Kier molecular flexibility index (Phi) is 5.44. The number of nitrogens with one attached hydrogen (secondary N) is 1. The van der Waals surface area contributed by atoms with Crippen LogP contribution < -0.4 is 5.32 Å². The SMILES string of the molecule is CNc1ccc(C(=O)N2CCN(C(=O)[C@@H]3CCC[N+]3(C)C)CC2)c(Cl)c1. The second-order valence-electron chi connectivity index (χ2n) is 7.72. The first-order valence-corrected chi connectivity index (χ1v) is 9.59. The highest BCUT2D eigenvalue weighted by molar-refractivity contribution is 6.34. The van der Waals surface area contributed by atoms with Gasteiger partial charge in [0, 0.05) is 51.8 Å². The van der Waals surface area contributed by atoms with Crippen LogP contribution in [0, 0.1) is 0 Å². The van der Waals surface area contributed by atoms with Crippen molar-refractivity contribution in [3.63, 3.8) is 0 Å². The van der Waals surface area contributed by atoms with Crippen LogP contribution >= 0.6 is 11.6 Å². The molecule has 2 fully saturated rings. The molecular weight excluding hydrogens is 352 g/mol. The molecule has 0 radical (unpaired) electrons. The Morgan fingerprint density at radius 3 is 2.35 bits per heavy atom. The van der Waals surface area contributed by atoms with E-state index in [1.807, 2.05) is 18.0 Å². The standard InChI is InChI=1S/C19H27ClN4O2/c1-21-14-6-7-15(16(20)13-14)18(25)22-8-10-23(11-9-22)19(26)17-5-4-12-24(17,2)3/h6-7,13,17H,4-5,8-12H2,1-3H3/p+1/t17-/m0/s1. The van der Waals surface area contributed by atoms with Crippen molar-refractivity contribution in [1.29, 1.82) is 0 Å². The van der Waals surface area contributed by atoms with E-state index in [9.17, 15) is 9.59 Å². The normalized spacial score (nSPS) is 22.4. The molecule has 0 unspecified atom stereocenters. The van der Waals surface area contributed by atoms with Crippen molar-refractivity contribution in [2.24, 2.45) is 0 Å². The lowest BCUT2D eigenvalue weighted by atomic mass is 10.1. The van der Waals surface area contributed by atoms with Gasteiger partial charge in [-0.2, -0.15) is 0 Å². The number of likely N-dealkylation sites (tertiary alicyclic amines) is 1. The number of carbonyl (C=O) groups is 2. The van der Waals surface area contributed by atoms with E-state index in [2.05, 4.69) is 19.4 Å². The third kappa shape index (κ3) is 3.67. The zero-order chi connectivity index (χ0) is 18.9. The van der Waals surface area contributed by atoms with Crippen LogP contribution in [-0.4, -0.2) is 86.0 Å². The average Bonchev–Trinajstić information content (AvgIpc) is 2.99. The van der Waals surface area contributed by atoms with Gasteiger partial charge in [0.05, 0.1) is 31.2 Å². The van der Waals surface area contributed by atoms with Crippen LogP contribution in [0.5, 0.6) is 0 Å². The molecule has 0 spiro atoms. The lowest BCUT2D eigenvalue weighted by molar-refractivity contribution is -0.893. The van der Waals surface area contributed by atoms with E-state index in [-0.39, 0.29) is 17.9 Å². The smallest absolute Gasteiger partial charge is 0.281 e. The van der Waals surface area contributed by atoms with Gasteiger partial charge in [0.25, 0.3) is 11.8 Å². The summed E-state index contributed by atoms with van der Waals surface area (Å²) < 4.78 is 0.769. The summed E-state index contributed by atoms with van der Waals surface area (Å²) in [5.41, 5.74) is 1.39. The summed E-state index contributed by atoms with van der Waals surface area (Å²) in [6, 6.07) is 5.42. The number of nitrogens with zero attached hydrogens (tertiary/aromatic N) is 3. The van der Waals surface area contributed by atoms with Crippen LogP contribution in [0.4, 0.5) is 5.69 Å². The summed E-state index contributed by atoms with van der Waals surface area (Å²) in [4.78, 5) is 29.3. The molecule has 0 aliphatic carbocycles. The van der Waals surface area contributed by atoms with Crippen molar-refractivity contribution < 1.29 is 14.1 Å². The van der Waals surface area contributed by atoms with Crippen LogP contribution in [-0.2, 0) is 4.79 Å². The minimum atomic E-state index is -0.0678. The van der Waals surface area contributed by atoms with Crippen molar-refractivity contribution in [1.82, 2.24) is 9.80 Å². The van der Waals surface area contributed by atoms with Gasteiger partial charge in [0.15, 0.2) is 6.04 Å². The Hall–Kier alpha value is -1.79. The zero-order valence-corrected chi connectivity index (χ0v) is 16.6. The Balaban J connectivity index is 1.61. The van der Waals surface area contributed by atoms with Gasteiger partial charge in [-0.3, -0.25) is 9.59 Å². The molecule has 2 saturated heterocycles. The fourth-order valence-electron chi connectivity index (χ4n) is 3.97. The maximum Gasteiger partial charge on any atom is 0.281 e. The molecule has 26 heavy (non-hydrogen) atoms. The summed E-state index contributed by atoms with van der Waals surface area (Å²) >= 11 is 6.26. The number of carbonyl (C=O) groups excluding carboxylic acids is 2. The number of halogens is 1. The van der Waals surface area contributed by atoms with Gasteiger partial charge >= 0.3 is 0 Å². The number of anilines is 1. The number of hydrogen-bond donors (Lipinski definition) is 1. The van der Waals surface area contributed by atoms with E-state index in [1.54, 1.807) is 17.0 Å². The fraction of sp³-hybridized carbons (Fsp3) is 0.579. The molecule has 2 aliphatic heterocycles. The molecule has 0 bridgehead atoms. The highest BCUT2D eigenvalue weighted by atomic mass is 35.5. The first kappa shape index (κ1) is 19.0. The van der Waals surface area contributed by atoms with Crippen molar-refractivity contribution in [3.8, 4) is 0 Å². The summed E-state index contributed by atoms with van der Waals surface area (Å²) in [5, 5.41) is 3.46. The molecule has 3 rings (SSSR count). The summed E-state index contributed by atoms with van der Waals surface area (Å²) in [6.07, 6.45) is 2.06. The second-order valence-corrected chi connectivity index (χ2v) is 8.13. The predicted octanol–water partition coefficient (Wildman–Crippen LogP) is 1.90. The number of piperazine rings is 1. The van der Waals surface area contributed by atoms with Gasteiger partial charge in [-0.1, -0.05) is 11.6 Å². The molecule has 142 valence electrons.